The van der Waals surface area contributed by atoms with Gasteiger partial charge in [-0.05, 0) is 34.2 Å². The molecule has 14 nitrogen and oxygen atoms in total. The van der Waals surface area contributed by atoms with Crippen LogP contribution in [-0.2, 0) is 21.4 Å². The van der Waals surface area contributed by atoms with Crippen molar-refractivity contribution < 1.29 is 29.4 Å². The number of thioether (sulfide) groups is 3. The van der Waals surface area contributed by atoms with Gasteiger partial charge in [-0.25, -0.2) is 19.3 Å². The van der Waals surface area contributed by atoms with Crippen molar-refractivity contribution in [2.45, 2.75) is 26.7 Å². The maximum atomic E-state index is 13.6. The minimum absolute atomic E-state index is 0.0622. The molecule has 5 rings (SSSR count). The Balaban J connectivity index is 1.36. The van der Waals surface area contributed by atoms with E-state index in [1.807, 2.05) is 0 Å². The number of rotatable bonds is 10. The Kier molecular flexibility index (Phi) is 8.46. The number of carbonyl (C=O) groups excluding carboxylic acids is 2. The van der Waals surface area contributed by atoms with E-state index in [1.54, 1.807) is 12.4 Å². The first kappa shape index (κ1) is 29.2. The second-order valence-electron chi connectivity index (χ2n) is 8.58. The summed E-state index contributed by atoms with van der Waals surface area (Å²) in [7, 11) is 1.66. The van der Waals surface area contributed by atoms with E-state index in [9.17, 15) is 29.4 Å². The average Bonchev–Trinajstić information content (AvgIpc) is 3.55. The van der Waals surface area contributed by atoms with Crippen LogP contribution in [-0.4, -0.2) is 87.0 Å². The fraction of sp³-hybridized carbons (Fsp3) is 0.273. The van der Waals surface area contributed by atoms with Gasteiger partial charge in [-0.15, -0.1) is 40.0 Å². The summed E-state index contributed by atoms with van der Waals surface area (Å²) in [4.78, 5) is 56.4. The van der Waals surface area contributed by atoms with Gasteiger partial charge in [0.2, 0.25) is 11.1 Å². The number of thiazole rings is 1. The highest BCUT2D eigenvalue weighted by Crippen LogP contribution is 2.43. The van der Waals surface area contributed by atoms with Crippen LogP contribution in [0, 0.1) is 0 Å². The van der Waals surface area contributed by atoms with Gasteiger partial charge in [0.1, 0.15) is 22.4 Å². The number of anilines is 1. The number of hydrogen-bond donors (Lipinski definition) is 4. The smallest absolute Gasteiger partial charge is 0.352 e. The van der Waals surface area contributed by atoms with Crippen molar-refractivity contribution in [1.82, 2.24) is 35.4 Å². The number of β-lactam (4-membered cyclic amide) rings is 1. The molecule has 0 saturated carbocycles. The number of aromatic carboxylic acids is 1. The number of aromatic nitrogens is 5. The minimum Gasteiger partial charge on any atom is -0.478 e. The lowest BCUT2D eigenvalue weighted by Gasteiger charge is -2.49. The predicted octanol–water partition coefficient (Wildman–Crippen LogP) is 1.96. The summed E-state index contributed by atoms with van der Waals surface area (Å²) >= 11 is 10.7. The van der Waals surface area contributed by atoms with Crippen LogP contribution in [0.15, 0.2) is 44.9 Å². The molecule has 2 amide bonds. The first-order valence-electron chi connectivity index (χ1n) is 11.5. The first-order valence-corrected chi connectivity index (χ1v) is 15.7. The summed E-state index contributed by atoms with van der Waals surface area (Å²) in [6.07, 6.45) is 0. The topological polar surface area (TPSA) is 207 Å². The van der Waals surface area contributed by atoms with Crippen LogP contribution in [0.4, 0.5) is 5.13 Å². The molecule has 2 unspecified atom stereocenters. The highest BCUT2D eigenvalue weighted by molar-refractivity contribution is 8.01. The van der Waals surface area contributed by atoms with E-state index >= 15 is 0 Å². The molecule has 0 aliphatic carbocycles. The van der Waals surface area contributed by atoms with Crippen LogP contribution < -0.4 is 11.1 Å². The van der Waals surface area contributed by atoms with E-state index in [2.05, 4.69) is 25.8 Å². The molecule has 2 aromatic heterocycles. The number of aryl methyl sites for hydroxylation is 1. The van der Waals surface area contributed by atoms with Crippen molar-refractivity contribution in [3.8, 4) is 0 Å². The van der Waals surface area contributed by atoms with E-state index in [0.717, 1.165) is 23.1 Å². The molecule has 0 spiro atoms. The van der Waals surface area contributed by atoms with E-state index < -0.39 is 40.4 Å². The second kappa shape index (κ2) is 11.9. The monoisotopic (exact) mass is 654 g/mol. The van der Waals surface area contributed by atoms with Crippen LogP contribution in [0.2, 0.25) is 5.02 Å². The molecule has 3 atom stereocenters. The lowest BCUT2D eigenvalue weighted by molar-refractivity contribution is -0.150. The van der Waals surface area contributed by atoms with Crippen molar-refractivity contribution in [1.29, 1.82) is 0 Å². The predicted molar refractivity (Wildman–Crippen MR) is 153 cm³/mol. The number of carboxylic acids is 2. The number of fused-ring (bicyclic) bond motifs is 1. The molecule has 214 valence electrons. The Bertz CT molecular complexity index is 1600. The molecule has 1 fully saturated rings. The zero-order valence-electron chi connectivity index (χ0n) is 20.8. The molecule has 4 heterocycles. The third-order valence-corrected chi connectivity index (χ3v) is 10.6. The van der Waals surface area contributed by atoms with Crippen molar-refractivity contribution in [2.24, 2.45) is 7.05 Å². The number of benzene rings is 1. The van der Waals surface area contributed by atoms with Crippen LogP contribution in [0.1, 0.15) is 21.3 Å². The number of nitrogens with two attached hydrogens (primary N) is 1. The van der Waals surface area contributed by atoms with Gasteiger partial charge in [-0.3, -0.25) is 14.5 Å². The van der Waals surface area contributed by atoms with Crippen molar-refractivity contribution >= 4 is 87.1 Å². The summed E-state index contributed by atoms with van der Waals surface area (Å²) in [6.45, 7) is 0. The zero-order valence-corrected chi connectivity index (χ0v) is 24.8. The molecule has 0 bridgehead atoms. The number of halogens is 1. The maximum absolute atomic E-state index is 13.6. The number of carbonyl (C=O) groups is 4. The fourth-order valence-electron chi connectivity index (χ4n) is 4.09. The molecule has 19 heteroatoms. The quantitative estimate of drug-likeness (QED) is 0.182. The number of amides is 2. The normalized spacial score (nSPS) is 19.0. The van der Waals surface area contributed by atoms with Gasteiger partial charge in [-0.1, -0.05) is 23.4 Å². The van der Waals surface area contributed by atoms with Crippen molar-refractivity contribution in [2.75, 3.05) is 17.2 Å². The third kappa shape index (κ3) is 5.87. The molecule has 0 radical (unpaired) electrons. The number of carboxylic acid groups (broad SMARTS) is 2. The molecule has 3 aromatic rings. The Morgan fingerprint density at radius 3 is 2.71 bits per heavy atom. The van der Waals surface area contributed by atoms with E-state index in [1.165, 1.54) is 51.3 Å². The van der Waals surface area contributed by atoms with E-state index in [0.29, 0.717) is 16.5 Å². The lowest BCUT2D eigenvalue weighted by atomic mass is 10.0. The van der Waals surface area contributed by atoms with Gasteiger partial charge in [0.25, 0.3) is 5.91 Å². The Morgan fingerprint density at radius 1 is 1.29 bits per heavy atom. The summed E-state index contributed by atoms with van der Waals surface area (Å²) in [5.74, 6) is -3.09. The van der Waals surface area contributed by atoms with Gasteiger partial charge in [-0.2, -0.15) is 0 Å². The standard InChI is InChI=1S/C22H19ClN8O6S4/c1-30-22(27-28-29-30)40-6-8-5-38-18-13(17(33)31(18)14(8)20(36)37)26-16(32)15(11-7-39-21(24)25-11)41-12-4-9(23)2-3-10(12)19(34)35/h2-4,7,13,15,18H,5-6H2,1H3,(H2,24,25)(H,26,32)(H,34,35)(H,36,37)/t13?,15?,18-/m0/s1. The number of aliphatic carboxylic acids is 1. The Labute approximate surface area is 253 Å². The number of nitrogens with one attached hydrogen (secondary N) is 1. The van der Waals surface area contributed by atoms with Crippen LogP contribution in [0.3, 0.4) is 0 Å². The molecule has 2 aliphatic heterocycles. The number of nitrogen functional groups attached to an aromatic ring is 1. The van der Waals surface area contributed by atoms with Crippen LogP contribution in [0.5, 0.6) is 0 Å². The Hall–Kier alpha value is -3.32. The average molecular weight is 655 g/mol. The summed E-state index contributed by atoms with van der Waals surface area (Å²) in [5, 5.41) is 34.3. The number of tetrazole rings is 1. The van der Waals surface area contributed by atoms with E-state index in [-0.39, 0.29) is 37.8 Å². The van der Waals surface area contributed by atoms with Gasteiger partial charge in [0.05, 0.1) is 11.3 Å². The lowest BCUT2D eigenvalue weighted by Crippen LogP contribution is -2.70. The van der Waals surface area contributed by atoms with Gasteiger partial charge < -0.3 is 21.3 Å². The van der Waals surface area contributed by atoms with Crippen molar-refractivity contribution in [3.05, 3.63) is 51.1 Å². The van der Waals surface area contributed by atoms with Crippen LogP contribution in [0.25, 0.3) is 0 Å². The minimum atomic E-state index is -1.26. The molecular weight excluding hydrogens is 636 g/mol. The highest BCUT2D eigenvalue weighted by atomic mass is 35.5. The molecule has 1 saturated heterocycles. The van der Waals surface area contributed by atoms with Crippen molar-refractivity contribution in [3.63, 3.8) is 0 Å². The SMILES string of the molecule is Cn1nnnc1SCC1=C(C(=O)O)N2C(=O)C(NC(=O)C(Sc3cc(Cl)ccc3C(=O)O)c3csc(N)n3)[C@@H]2SC1. The fourth-order valence-corrected chi connectivity index (χ4v) is 8.48. The van der Waals surface area contributed by atoms with E-state index in [4.69, 9.17) is 17.3 Å². The van der Waals surface area contributed by atoms with Crippen LogP contribution >= 0.6 is 58.2 Å². The molecule has 5 N–H and O–H groups in total. The maximum Gasteiger partial charge on any atom is 0.352 e. The molecule has 1 aromatic carbocycles. The molecule has 2 aliphatic rings. The molecular formula is C22H19ClN8O6S4. The largest absolute Gasteiger partial charge is 0.478 e. The first-order chi connectivity index (χ1) is 19.5. The Morgan fingerprint density at radius 2 is 2.07 bits per heavy atom. The number of hydrogen-bond acceptors (Lipinski definition) is 13. The van der Waals surface area contributed by atoms with Gasteiger partial charge in [0.15, 0.2) is 5.13 Å². The summed E-state index contributed by atoms with van der Waals surface area (Å²) in [6, 6.07) is 3.19. The zero-order chi connectivity index (χ0) is 29.4. The third-order valence-electron chi connectivity index (χ3n) is 5.97. The second-order valence-corrected chi connectivity index (χ2v) is 13.1. The summed E-state index contributed by atoms with van der Waals surface area (Å²) < 4.78 is 1.46. The summed E-state index contributed by atoms with van der Waals surface area (Å²) in [5.41, 5.74) is 6.40. The van der Waals surface area contributed by atoms with Gasteiger partial charge in [0, 0.05) is 33.9 Å². The van der Waals surface area contributed by atoms with Gasteiger partial charge >= 0.3 is 11.9 Å². The molecule has 41 heavy (non-hydrogen) atoms. The number of nitrogens with zero attached hydrogens (tertiary/aromatic N) is 6. The highest BCUT2D eigenvalue weighted by Gasteiger charge is 2.54.